The number of nitrogens with two attached hydrogens (primary N) is 1. The van der Waals surface area contributed by atoms with Crippen LogP contribution in [0.1, 0.15) is 33.6 Å². The van der Waals surface area contributed by atoms with Crippen molar-refractivity contribution in [3.05, 3.63) is 0 Å². The number of primary amides is 1. The summed E-state index contributed by atoms with van der Waals surface area (Å²) in [6, 6.07) is 0. The summed E-state index contributed by atoms with van der Waals surface area (Å²) >= 11 is 0. The molecule has 7 nitrogen and oxygen atoms in total. The highest BCUT2D eigenvalue weighted by molar-refractivity contribution is 5.86. The van der Waals surface area contributed by atoms with E-state index in [1.807, 2.05) is 39.8 Å². The number of nitrogens with zero attached hydrogens (tertiary/aromatic N) is 2. The van der Waals surface area contributed by atoms with Crippen LogP contribution in [0.25, 0.3) is 0 Å². The zero-order valence-corrected chi connectivity index (χ0v) is 14.4. The molecule has 22 heavy (non-hydrogen) atoms. The molecule has 0 radical (unpaired) electrons. The molecule has 128 valence electrons. The number of amides is 2. The van der Waals surface area contributed by atoms with Crippen LogP contribution >= 0.6 is 0 Å². The van der Waals surface area contributed by atoms with Gasteiger partial charge in [0.05, 0.1) is 6.54 Å². The molecule has 2 amide bonds. The molecule has 0 aromatic heterocycles. The summed E-state index contributed by atoms with van der Waals surface area (Å²) in [7, 11) is 3.93. The zero-order chi connectivity index (χ0) is 17.0. The fraction of sp³-hybridized carbons (Fsp3) is 0.867. The Morgan fingerprint density at radius 1 is 1.36 bits per heavy atom. The smallest absolute Gasteiger partial charge is 0.410 e. The van der Waals surface area contributed by atoms with Crippen LogP contribution in [-0.2, 0) is 9.53 Å². The number of hydrogen-bond donors (Lipinski definition) is 2. The van der Waals surface area contributed by atoms with Crippen molar-refractivity contribution in [1.82, 2.24) is 15.1 Å². The van der Waals surface area contributed by atoms with Crippen molar-refractivity contribution in [2.75, 3.05) is 40.3 Å². The molecule has 1 aliphatic rings. The topological polar surface area (TPSA) is 87.9 Å². The average Bonchev–Trinajstić information content (AvgIpc) is 2.36. The van der Waals surface area contributed by atoms with Gasteiger partial charge >= 0.3 is 6.09 Å². The Kier molecular flexibility index (Phi) is 6.19. The second-order valence-corrected chi connectivity index (χ2v) is 7.18. The molecule has 7 heteroatoms. The van der Waals surface area contributed by atoms with Gasteiger partial charge < -0.3 is 25.6 Å². The fourth-order valence-corrected chi connectivity index (χ4v) is 2.49. The zero-order valence-electron chi connectivity index (χ0n) is 14.4. The maximum absolute atomic E-state index is 12.2. The first kappa shape index (κ1) is 18.7. The summed E-state index contributed by atoms with van der Waals surface area (Å²) in [6.45, 7) is 7.74. The monoisotopic (exact) mass is 314 g/mol. The Morgan fingerprint density at radius 2 is 2.00 bits per heavy atom. The van der Waals surface area contributed by atoms with E-state index in [9.17, 15) is 9.59 Å². The van der Waals surface area contributed by atoms with Crippen LogP contribution in [0, 0.1) is 0 Å². The Labute approximate surface area is 133 Å². The van der Waals surface area contributed by atoms with Gasteiger partial charge in [-0.3, -0.25) is 4.79 Å². The minimum Gasteiger partial charge on any atom is -0.444 e. The number of likely N-dealkylation sites (N-methyl/N-ethyl adjacent to an activating group) is 1. The molecule has 1 rings (SSSR count). The van der Waals surface area contributed by atoms with Crippen LogP contribution < -0.4 is 11.1 Å². The van der Waals surface area contributed by atoms with Crippen molar-refractivity contribution in [1.29, 1.82) is 0 Å². The number of carbonyl (C=O) groups is 2. The molecule has 3 N–H and O–H groups in total. The minimum absolute atomic E-state index is 0.255. The molecule has 1 fully saturated rings. The van der Waals surface area contributed by atoms with Gasteiger partial charge in [-0.05, 0) is 47.7 Å². The number of rotatable bonds is 5. The highest BCUT2D eigenvalue weighted by atomic mass is 16.6. The SMILES string of the molecule is CN(C)CCNC1(C(N)=O)CCCN(C(=O)OC(C)(C)C)C1. The Balaban J connectivity index is 2.74. The second kappa shape index (κ2) is 7.28. The Hall–Kier alpha value is -1.34. The van der Waals surface area contributed by atoms with E-state index in [-0.39, 0.29) is 6.54 Å². The predicted octanol–water partition coefficient (Wildman–Crippen LogP) is 0.393. The molecule has 1 saturated heterocycles. The molecule has 0 aliphatic carbocycles. The third-order valence-electron chi connectivity index (χ3n) is 3.64. The maximum Gasteiger partial charge on any atom is 0.410 e. The molecule has 1 unspecified atom stereocenters. The molecule has 1 aliphatic heterocycles. The van der Waals surface area contributed by atoms with E-state index in [1.165, 1.54) is 0 Å². The minimum atomic E-state index is -0.870. The van der Waals surface area contributed by atoms with E-state index in [0.29, 0.717) is 19.5 Å². The predicted molar refractivity (Wildman–Crippen MR) is 85.5 cm³/mol. The second-order valence-electron chi connectivity index (χ2n) is 7.18. The molecule has 0 aromatic rings. The first-order valence-corrected chi connectivity index (χ1v) is 7.73. The summed E-state index contributed by atoms with van der Waals surface area (Å²) in [6.07, 6.45) is 0.957. The first-order valence-electron chi connectivity index (χ1n) is 7.73. The molecular formula is C15H30N4O3. The lowest BCUT2D eigenvalue weighted by Crippen LogP contribution is -2.65. The van der Waals surface area contributed by atoms with Gasteiger partial charge in [0.2, 0.25) is 5.91 Å². The number of likely N-dealkylation sites (tertiary alicyclic amines) is 1. The van der Waals surface area contributed by atoms with Crippen molar-refractivity contribution < 1.29 is 14.3 Å². The van der Waals surface area contributed by atoms with Crippen molar-refractivity contribution in [3.8, 4) is 0 Å². The maximum atomic E-state index is 12.2. The first-order chi connectivity index (χ1) is 10.1. The van der Waals surface area contributed by atoms with Crippen molar-refractivity contribution in [2.45, 2.75) is 44.8 Å². The largest absolute Gasteiger partial charge is 0.444 e. The van der Waals surface area contributed by atoms with Crippen molar-refractivity contribution in [3.63, 3.8) is 0 Å². The van der Waals surface area contributed by atoms with Gasteiger partial charge in [0.15, 0.2) is 0 Å². The van der Waals surface area contributed by atoms with Gasteiger partial charge in [0.1, 0.15) is 11.1 Å². The lowest BCUT2D eigenvalue weighted by molar-refractivity contribution is -0.126. The van der Waals surface area contributed by atoms with E-state index in [1.54, 1.807) is 4.90 Å². The van der Waals surface area contributed by atoms with Crippen LogP contribution in [0.3, 0.4) is 0 Å². The van der Waals surface area contributed by atoms with Crippen LogP contribution in [0.4, 0.5) is 4.79 Å². The molecule has 0 bridgehead atoms. The van der Waals surface area contributed by atoms with Crippen LogP contribution in [-0.4, -0.2) is 73.2 Å². The highest BCUT2D eigenvalue weighted by Crippen LogP contribution is 2.23. The number of piperidine rings is 1. The molecular weight excluding hydrogens is 284 g/mol. The van der Waals surface area contributed by atoms with Crippen LogP contribution in [0.15, 0.2) is 0 Å². The lowest BCUT2D eigenvalue weighted by Gasteiger charge is -2.41. The number of nitrogens with one attached hydrogen (secondary N) is 1. The van der Waals surface area contributed by atoms with Gasteiger partial charge in [-0.1, -0.05) is 0 Å². The summed E-state index contributed by atoms with van der Waals surface area (Å²) in [5.41, 5.74) is 4.19. The van der Waals surface area contributed by atoms with Crippen molar-refractivity contribution >= 4 is 12.0 Å². The highest BCUT2D eigenvalue weighted by Gasteiger charge is 2.42. The summed E-state index contributed by atoms with van der Waals surface area (Å²) in [5.74, 6) is -0.417. The van der Waals surface area contributed by atoms with Gasteiger partial charge in [-0.15, -0.1) is 0 Å². The van der Waals surface area contributed by atoms with Crippen LogP contribution in [0.2, 0.25) is 0 Å². The standard InChI is InChI=1S/C15H30N4O3/c1-14(2,3)22-13(21)19-9-6-7-15(11-19,12(16)20)17-8-10-18(4)5/h17H,6-11H2,1-5H3,(H2,16,20). The number of carbonyl (C=O) groups excluding carboxylic acids is 2. The molecule has 0 saturated carbocycles. The van der Waals surface area contributed by atoms with Gasteiger partial charge in [0, 0.05) is 19.6 Å². The molecule has 0 spiro atoms. The van der Waals surface area contributed by atoms with Crippen LogP contribution in [0.5, 0.6) is 0 Å². The lowest BCUT2D eigenvalue weighted by atomic mass is 9.88. The Bertz CT molecular complexity index is 406. The number of ether oxygens (including phenoxy) is 1. The average molecular weight is 314 g/mol. The Morgan fingerprint density at radius 3 is 2.50 bits per heavy atom. The normalized spacial score (nSPS) is 22.7. The van der Waals surface area contributed by atoms with E-state index in [4.69, 9.17) is 10.5 Å². The van der Waals surface area contributed by atoms with E-state index in [2.05, 4.69) is 5.32 Å². The fourth-order valence-electron chi connectivity index (χ4n) is 2.49. The molecule has 0 aromatic carbocycles. The third-order valence-corrected chi connectivity index (χ3v) is 3.64. The third kappa shape index (κ3) is 5.46. The molecule has 1 atom stereocenters. The van der Waals surface area contributed by atoms with E-state index < -0.39 is 23.1 Å². The van der Waals surface area contributed by atoms with Gasteiger partial charge in [-0.2, -0.15) is 0 Å². The van der Waals surface area contributed by atoms with E-state index >= 15 is 0 Å². The van der Waals surface area contributed by atoms with E-state index in [0.717, 1.165) is 13.0 Å². The summed E-state index contributed by atoms with van der Waals surface area (Å²) in [5, 5.41) is 3.25. The molecule has 1 heterocycles. The quantitative estimate of drug-likeness (QED) is 0.766. The summed E-state index contributed by atoms with van der Waals surface area (Å²) < 4.78 is 5.39. The van der Waals surface area contributed by atoms with Crippen molar-refractivity contribution in [2.24, 2.45) is 5.73 Å². The summed E-state index contributed by atoms with van der Waals surface area (Å²) in [4.78, 5) is 27.8. The van der Waals surface area contributed by atoms with Gasteiger partial charge in [0.25, 0.3) is 0 Å². The number of hydrogen-bond acceptors (Lipinski definition) is 5. The van der Waals surface area contributed by atoms with Gasteiger partial charge in [-0.25, -0.2) is 4.79 Å².